The topological polar surface area (TPSA) is 70.1 Å². The molecule has 0 N–H and O–H groups in total. The van der Waals surface area contributed by atoms with Gasteiger partial charge in [0.15, 0.2) is 0 Å². The van der Waals surface area contributed by atoms with E-state index in [0.29, 0.717) is 28.8 Å². The van der Waals surface area contributed by atoms with Crippen molar-refractivity contribution in [3.8, 4) is 17.2 Å². The number of aryl methyl sites for hydroxylation is 1. The van der Waals surface area contributed by atoms with Crippen molar-refractivity contribution in [2.75, 3.05) is 18.0 Å². The van der Waals surface area contributed by atoms with Gasteiger partial charge in [0.2, 0.25) is 0 Å². The van der Waals surface area contributed by atoms with Crippen LogP contribution in [0.25, 0.3) is 16.9 Å². The molecule has 1 aliphatic heterocycles. The van der Waals surface area contributed by atoms with Crippen LogP contribution in [0.3, 0.4) is 0 Å². The summed E-state index contributed by atoms with van der Waals surface area (Å²) in [5, 5.41) is 13.2. The van der Waals surface area contributed by atoms with Crippen LogP contribution in [0.4, 0.5) is 14.6 Å². The number of piperidine rings is 1. The highest BCUT2D eigenvalue weighted by molar-refractivity contribution is 5.80. The Bertz CT molecular complexity index is 1040. The van der Waals surface area contributed by atoms with Crippen LogP contribution in [-0.4, -0.2) is 32.7 Å². The molecule has 0 radical (unpaired) electrons. The fraction of sp³-hybridized carbons (Fsp3) is 0.368. The summed E-state index contributed by atoms with van der Waals surface area (Å²) in [4.78, 5) is 10.6. The molecule has 6 nitrogen and oxygen atoms in total. The third-order valence-electron chi connectivity index (χ3n) is 5.09. The predicted octanol–water partition coefficient (Wildman–Crippen LogP) is 3.49. The number of nitriles is 1. The first-order chi connectivity index (χ1) is 13.0. The number of rotatable bonds is 2. The van der Waals surface area contributed by atoms with E-state index in [1.165, 1.54) is 10.8 Å². The maximum absolute atomic E-state index is 14.8. The van der Waals surface area contributed by atoms with Gasteiger partial charge in [-0.1, -0.05) is 6.92 Å². The predicted molar refractivity (Wildman–Crippen MR) is 96.2 cm³/mol. The van der Waals surface area contributed by atoms with Crippen molar-refractivity contribution in [3.05, 3.63) is 41.4 Å². The average molecular weight is 368 g/mol. The summed E-state index contributed by atoms with van der Waals surface area (Å²) in [6, 6.07) is 3.87. The van der Waals surface area contributed by atoms with Crippen LogP contribution in [0.1, 0.15) is 31.0 Å². The monoisotopic (exact) mass is 368 g/mol. The molecule has 1 saturated heterocycles. The molecule has 3 aromatic rings. The summed E-state index contributed by atoms with van der Waals surface area (Å²) >= 11 is 0. The zero-order valence-corrected chi connectivity index (χ0v) is 15.1. The fourth-order valence-corrected chi connectivity index (χ4v) is 3.62. The van der Waals surface area contributed by atoms with Crippen molar-refractivity contribution in [3.63, 3.8) is 0 Å². The molecule has 2 aromatic heterocycles. The van der Waals surface area contributed by atoms with Crippen LogP contribution in [0.2, 0.25) is 0 Å². The standard InChI is InChI=1S/C19H18F2N6/c1-11-3-5-26(6-4-11)18-16(12(2)25-19-23-10-24-27(18)19)17-14(20)7-13(9-22)8-15(17)21/h7-8,10-11H,3-6H2,1-2H3. The molecule has 1 aliphatic rings. The van der Waals surface area contributed by atoms with Gasteiger partial charge in [0.1, 0.15) is 23.8 Å². The minimum Gasteiger partial charge on any atom is -0.356 e. The molecule has 138 valence electrons. The van der Waals surface area contributed by atoms with Crippen LogP contribution in [0, 0.1) is 35.8 Å². The quantitative estimate of drug-likeness (QED) is 0.693. The molecule has 0 aliphatic carbocycles. The molecule has 0 spiro atoms. The van der Waals surface area contributed by atoms with E-state index in [9.17, 15) is 8.78 Å². The molecule has 3 heterocycles. The highest BCUT2D eigenvalue weighted by Gasteiger charge is 2.28. The van der Waals surface area contributed by atoms with E-state index in [0.717, 1.165) is 38.1 Å². The zero-order valence-electron chi connectivity index (χ0n) is 15.1. The summed E-state index contributed by atoms with van der Waals surface area (Å²) in [5.41, 5.74) is 0.563. The van der Waals surface area contributed by atoms with Crippen molar-refractivity contribution in [2.45, 2.75) is 26.7 Å². The maximum Gasteiger partial charge on any atom is 0.254 e. The fourth-order valence-electron chi connectivity index (χ4n) is 3.62. The van der Waals surface area contributed by atoms with Crippen molar-refractivity contribution >= 4 is 11.6 Å². The van der Waals surface area contributed by atoms with Crippen molar-refractivity contribution in [1.82, 2.24) is 19.6 Å². The molecule has 8 heteroatoms. The largest absolute Gasteiger partial charge is 0.356 e. The van der Waals surface area contributed by atoms with Crippen LogP contribution >= 0.6 is 0 Å². The van der Waals surface area contributed by atoms with Gasteiger partial charge in [-0.15, -0.1) is 0 Å². The number of halogens is 2. The van der Waals surface area contributed by atoms with Gasteiger partial charge >= 0.3 is 0 Å². The Labute approximate surface area is 155 Å². The van der Waals surface area contributed by atoms with Crippen LogP contribution < -0.4 is 4.90 Å². The second-order valence-electron chi connectivity index (χ2n) is 6.96. The van der Waals surface area contributed by atoms with Crippen molar-refractivity contribution < 1.29 is 8.78 Å². The minimum atomic E-state index is -0.789. The van der Waals surface area contributed by atoms with E-state index >= 15 is 0 Å². The number of benzene rings is 1. The van der Waals surface area contributed by atoms with E-state index in [2.05, 4.69) is 26.9 Å². The maximum atomic E-state index is 14.8. The summed E-state index contributed by atoms with van der Waals surface area (Å²) in [6.07, 6.45) is 3.35. The Morgan fingerprint density at radius 3 is 2.44 bits per heavy atom. The van der Waals surface area contributed by atoms with Gasteiger partial charge in [-0.3, -0.25) is 0 Å². The van der Waals surface area contributed by atoms with E-state index in [1.807, 2.05) is 0 Å². The lowest BCUT2D eigenvalue weighted by atomic mass is 9.97. The first-order valence-corrected chi connectivity index (χ1v) is 8.84. The van der Waals surface area contributed by atoms with Crippen molar-refractivity contribution in [2.24, 2.45) is 5.92 Å². The Kier molecular flexibility index (Phi) is 4.22. The lowest BCUT2D eigenvalue weighted by Crippen LogP contribution is -2.35. The Morgan fingerprint density at radius 1 is 1.15 bits per heavy atom. The summed E-state index contributed by atoms with van der Waals surface area (Å²) < 4.78 is 31.2. The number of nitrogens with zero attached hydrogens (tertiary/aromatic N) is 6. The Hall–Kier alpha value is -3.08. The van der Waals surface area contributed by atoms with Gasteiger partial charge < -0.3 is 4.90 Å². The number of fused-ring (bicyclic) bond motifs is 1. The van der Waals surface area contributed by atoms with Crippen LogP contribution in [0.15, 0.2) is 18.5 Å². The molecular formula is C19H18F2N6. The minimum absolute atomic E-state index is 0.0606. The normalized spacial score (nSPS) is 15.3. The SMILES string of the molecule is Cc1nc2ncnn2c(N2CCC(C)CC2)c1-c1c(F)cc(C#N)cc1F. The van der Waals surface area contributed by atoms with Gasteiger partial charge in [-0.2, -0.15) is 19.9 Å². The first kappa shape index (κ1) is 17.3. The van der Waals surface area contributed by atoms with Gasteiger partial charge in [-0.05, 0) is 37.8 Å². The number of hydrogen-bond donors (Lipinski definition) is 0. The number of anilines is 1. The molecule has 1 fully saturated rings. The van der Waals surface area contributed by atoms with Crippen LogP contribution in [-0.2, 0) is 0 Å². The molecule has 0 unspecified atom stereocenters. The zero-order chi connectivity index (χ0) is 19.1. The number of hydrogen-bond acceptors (Lipinski definition) is 5. The average Bonchev–Trinajstić information content (AvgIpc) is 3.10. The van der Waals surface area contributed by atoms with Gasteiger partial charge in [0.05, 0.1) is 28.5 Å². The second-order valence-corrected chi connectivity index (χ2v) is 6.96. The Morgan fingerprint density at radius 2 is 1.81 bits per heavy atom. The van der Waals surface area contributed by atoms with E-state index in [4.69, 9.17) is 5.26 Å². The van der Waals surface area contributed by atoms with E-state index in [-0.39, 0.29) is 11.1 Å². The van der Waals surface area contributed by atoms with Crippen molar-refractivity contribution in [1.29, 1.82) is 5.26 Å². The lowest BCUT2D eigenvalue weighted by Gasteiger charge is -2.33. The molecule has 1 aromatic carbocycles. The third kappa shape index (κ3) is 2.89. The molecule has 0 atom stereocenters. The second kappa shape index (κ2) is 6.58. The number of aromatic nitrogens is 4. The summed E-state index contributed by atoms with van der Waals surface area (Å²) in [6.45, 7) is 5.41. The smallest absolute Gasteiger partial charge is 0.254 e. The molecule has 0 saturated carbocycles. The Balaban J connectivity index is 2.00. The van der Waals surface area contributed by atoms with Crippen LogP contribution in [0.5, 0.6) is 0 Å². The highest BCUT2D eigenvalue weighted by Crippen LogP contribution is 2.38. The lowest BCUT2D eigenvalue weighted by molar-refractivity contribution is 0.435. The molecule has 27 heavy (non-hydrogen) atoms. The first-order valence-electron chi connectivity index (χ1n) is 8.84. The molecule has 4 rings (SSSR count). The summed E-state index contributed by atoms with van der Waals surface area (Å²) in [5.74, 6) is -0.00363. The summed E-state index contributed by atoms with van der Waals surface area (Å²) in [7, 11) is 0. The third-order valence-corrected chi connectivity index (χ3v) is 5.09. The highest BCUT2D eigenvalue weighted by atomic mass is 19.1. The molecule has 0 bridgehead atoms. The van der Waals surface area contributed by atoms with Gasteiger partial charge in [-0.25, -0.2) is 13.8 Å². The molecule has 0 amide bonds. The van der Waals surface area contributed by atoms with E-state index in [1.54, 1.807) is 13.0 Å². The van der Waals surface area contributed by atoms with Gasteiger partial charge in [0.25, 0.3) is 5.78 Å². The van der Waals surface area contributed by atoms with E-state index < -0.39 is 11.6 Å². The van der Waals surface area contributed by atoms with Gasteiger partial charge in [0, 0.05) is 13.1 Å². The molecular weight excluding hydrogens is 350 g/mol.